The van der Waals surface area contributed by atoms with Crippen molar-refractivity contribution in [3.05, 3.63) is 12.2 Å². The minimum atomic E-state index is -3.74. The Labute approximate surface area is 207 Å². The summed E-state index contributed by atoms with van der Waals surface area (Å²) in [4.78, 5) is 53.2. The molecule has 0 aromatic carbocycles. The number of nitrogens with zero attached hydrogens (tertiary/aromatic N) is 1. The number of rotatable bonds is 4. The standard InChI is InChI=1S/C25H36N2O7S/c1-16-8-6-4-3-5-7-9-18-13-25(18,24(31)26-35(32,33)20-10-11-20)14-22(29)21-12-19(34-17(2)28)15-27(21)23(16)30/h7,9,16,18-21H,3-6,8,10-15H2,1-2H3,(H,26,31)/b9-7-/t16-,18-,19+,21-,25+/m0/s1. The van der Waals surface area contributed by atoms with E-state index in [2.05, 4.69) is 4.72 Å². The molecular weight excluding hydrogens is 472 g/mol. The van der Waals surface area contributed by atoms with Crippen LogP contribution in [0.5, 0.6) is 0 Å². The van der Waals surface area contributed by atoms with E-state index in [9.17, 15) is 27.6 Å². The summed E-state index contributed by atoms with van der Waals surface area (Å²) in [5.74, 6) is -2.02. The Morgan fingerprint density at radius 3 is 2.57 bits per heavy atom. The summed E-state index contributed by atoms with van der Waals surface area (Å²) in [5, 5.41) is -0.539. The van der Waals surface area contributed by atoms with E-state index in [1.807, 2.05) is 19.1 Å². The lowest BCUT2D eigenvalue weighted by Gasteiger charge is -2.27. The highest BCUT2D eigenvalue weighted by Crippen LogP contribution is 2.57. The maximum atomic E-state index is 13.6. The van der Waals surface area contributed by atoms with Crippen LogP contribution in [-0.2, 0) is 33.9 Å². The smallest absolute Gasteiger partial charge is 0.302 e. The van der Waals surface area contributed by atoms with E-state index in [1.54, 1.807) is 0 Å². The van der Waals surface area contributed by atoms with Gasteiger partial charge in [-0.3, -0.25) is 23.9 Å². The summed E-state index contributed by atoms with van der Waals surface area (Å²) in [5.41, 5.74) is -1.13. The molecule has 35 heavy (non-hydrogen) atoms. The minimum Gasteiger partial charge on any atom is -0.461 e. The van der Waals surface area contributed by atoms with E-state index in [1.165, 1.54) is 11.8 Å². The van der Waals surface area contributed by atoms with Gasteiger partial charge in [0.15, 0.2) is 5.78 Å². The molecule has 1 saturated heterocycles. The highest BCUT2D eigenvalue weighted by Gasteiger charge is 2.61. The van der Waals surface area contributed by atoms with Crippen LogP contribution in [0, 0.1) is 17.3 Å². The normalized spacial score (nSPS) is 35.2. The number of hydrogen-bond donors (Lipinski definition) is 1. The molecule has 2 heterocycles. The van der Waals surface area contributed by atoms with E-state index in [0.717, 1.165) is 25.7 Å². The third-order valence-electron chi connectivity index (χ3n) is 7.82. The lowest BCUT2D eigenvalue weighted by molar-refractivity contribution is -0.147. The second-order valence-electron chi connectivity index (χ2n) is 10.7. The molecule has 2 saturated carbocycles. The van der Waals surface area contributed by atoms with Crippen LogP contribution in [0.25, 0.3) is 0 Å². The summed E-state index contributed by atoms with van der Waals surface area (Å²) >= 11 is 0. The van der Waals surface area contributed by atoms with Crippen molar-refractivity contribution in [2.45, 2.75) is 95.5 Å². The van der Waals surface area contributed by atoms with E-state index in [0.29, 0.717) is 25.7 Å². The Bertz CT molecular complexity index is 1020. The number of carbonyl (C=O) groups is 4. The summed E-state index contributed by atoms with van der Waals surface area (Å²) < 4.78 is 32.5. The fourth-order valence-corrected chi connectivity index (χ4v) is 6.86. The van der Waals surface area contributed by atoms with Gasteiger partial charge in [-0.15, -0.1) is 0 Å². The number of nitrogens with one attached hydrogen (secondary N) is 1. The fraction of sp³-hybridized carbons (Fsp3) is 0.760. The fourth-order valence-electron chi connectivity index (χ4n) is 5.47. The third kappa shape index (κ3) is 5.78. The van der Waals surface area contributed by atoms with Crippen LogP contribution in [0.3, 0.4) is 0 Å². The number of carbonyl (C=O) groups excluding carboxylic acids is 4. The van der Waals surface area contributed by atoms with Gasteiger partial charge in [-0.05, 0) is 44.4 Å². The van der Waals surface area contributed by atoms with Crippen molar-refractivity contribution in [2.24, 2.45) is 17.3 Å². The van der Waals surface area contributed by atoms with Gasteiger partial charge >= 0.3 is 5.97 Å². The van der Waals surface area contributed by atoms with Gasteiger partial charge in [0, 0.05) is 25.7 Å². The Morgan fingerprint density at radius 2 is 1.89 bits per heavy atom. The summed E-state index contributed by atoms with van der Waals surface area (Å²) in [6.45, 7) is 3.30. The first-order valence-electron chi connectivity index (χ1n) is 12.8. The molecule has 0 aromatic heterocycles. The third-order valence-corrected chi connectivity index (χ3v) is 9.64. The van der Waals surface area contributed by atoms with Crippen LogP contribution >= 0.6 is 0 Å². The Balaban J connectivity index is 1.59. The molecule has 194 valence electrons. The number of ketones is 1. The topological polar surface area (TPSA) is 127 Å². The summed E-state index contributed by atoms with van der Waals surface area (Å²) in [6, 6.07) is -0.797. The molecule has 5 atom stereocenters. The Morgan fingerprint density at radius 1 is 1.14 bits per heavy atom. The minimum absolute atomic E-state index is 0.145. The maximum Gasteiger partial charge on any atom is 0.302 e. The zero-order chi connectivity index (χ0) is 25.4. The first kappa shape index (κ1) is 25.9. The predicted octanol–water partition coefficient (Wildman–Crippen LogP) is 2.25. The quantitative estimate of drug-likeness (QED) is 0.456. The van der Waals surface area contributed by atoms with Crippen molar-refractivity contribution in [1.82, 2.24) is 9.62 Å². The van der Waals surface area contributed by atoms with Gasteiger partial charge in [0.25, 0.3) is 0 Å². The molecule has 2 amide bonds. The van der Waals surface area contributed by atoms with Gasteiger partial charge in [-0.25, -0.2) is 8.42 Å². The second kappa shape index (κ2) is 10.0. The number of ether oxygens (including phenoxy) is 1. The van der Waals surface area contributed by atoms with Crippen LogP contribution in [0.2, 0.25) is 0 Å². The first-order chi connectivity index (χ1) is 16.5. The average molecular weight is 509 g/mol. The van der Waals surface area contributed by atoms with Crippen LogP contribution < -0.4 is 4.72 Å². The number of allylic oxidation sites excluding steroid dienone is 2. The predicted molar refractivity (Wildman–Crippen MR) is 127 cm³/mol. The van der Waals surface area contributed by atoms with E-state index >= 15 is 0 Å². The lowest BCUT2D eigenvalue weighted by Crippen LogP contribution is -2.46. The largest absolute Gasteiger partial charge is 0.461 e. The zero-order valence-electron chi connectivity index (χ0n) is 20.5. The molecule has 0 spiro atoms. The molecule has 2 aliphatic heterocycles. The van der Waals surface area contributed by atoms with Crippen molar-refractivity contribution >= 4 is 33.6 Å². The Kier molecular flexibility index (Phi) is 7.41. The average Bonchev–Trinajstić information content (AvgIpc) is 3.69. The second-order valence-corrected chi connectivity index (χ2v) is 12.7. The SMILES string of the molecule is CC(=O)O[C@@H]1C[C@H]2C(=O)C[C@]3(C(=O)NS(=O)(=O)C4CC4)C[C@@H]3/C=C\CCCCC[C@H](C)C(=O)N2C1. The number of amides is 2. The van der Waals surface area contributed by atoms with Gasteiger partial charge in [0.05, 0.1) is 23.3 Å². The van der Waals surface area contributed by atoms with Crippen molar-refractivity contribution in [1.29, 1.82) is 0 Å². The summed E-state index contributed by atoms with van der Waals surface area (Å²) in [6.07, 6.45) is 9.27. The van der Waals surface area contributed by atoms with E-state index in [4.69, 9.17) is 4.74 Å². The van der Waals surface area contributed by atoms with Crippen LogP contribution in [-0.4, -0.2) is 60.8 Å². The van der Waals surface area contributed by atoms with Crippen LogP contribution in [0.4, 0.5) is 0 Å². The zero-order valence-corrected chi connectivity index (χ0v) is 21.3. The highest BCUT2D eigenvalue weighted by molar-refractivity contribution is 7.90. The molecule has 3 fully saturated rings. The maximum absolute atomic E-state index is 13.6. The number of hydrogen-bond acceptors (Lipinski definition) is 7. The molecular formula is C25H36N2O7S. The first-order valence-corrected chi connectivity index (χ1v) is 14.3. The molecule has 4 rings (SSSR count). The number of fused-ring (bicyclic) bond motifs is 2. The molecule has 0 radical (unpaired) electrons. The van der Waals surface area contributed by atoms with Crippen LogP contribution in [0.15, 0.2) is 12.2 Å². The number of esters is 1. The van der Waals surface area contributed by atoms with E-state index < -0.39 is 44.7 Å². The number of Topliss-reactive ketones (excluding diaryl/α,β-unsaturated/α-hetero) is 1. The Hall–Kier alpha value is -2.23. The van der Waals surface area contributed by atoms with Gasteiger partial charge in [0.2, 0.25) is 21.8 Å². The van der Waals surface area contributed by atoms with Gasteiger partial charge in [0.1, 0.15) is 6.10 Å². The van der Waals surface area contributed by atoms with Gasteiger partial charge in [-0.1, -0.05) is 31.9 Å². The molecule has 1 N–H and O–H groups in total. The highest BCUT2D eigenvalue weighted by atomic mass is 32.2. The molecule has 0 aromatic rings. The number of sulfonamides is 1. The van der Waals surface area contributed by atoms with Crippen molar-refractivity contribution in [3.8, 4) is 0 Å². The molecule has 4 aliphatic rings. The van der Waals surface area contributed by atoms with E-state index in [-0.39, 0.29) is 42.9 Å². The van der Waals surface area contributed by atoms with Crippen LogP contribution in [0.1, 0.15) is 78.1 Å². The monoisotopic (exact) mass is 508 g/mol. The lowest BCUT2D eigenvalue weighted by atomic mass is 9.91. The van der Waals surface area contributed by atoms with Crippen molar-refractivity contribution in [2.75, 3.05) is 6.54 Å². The van der Waals surface area contributed by atoms with Crippen molar-refractivity contribution in [3.63, 3.8) is 0 Å². The van der Waals surface area contributed by atoms with Crippen molar-refractivity contribution < 1.29 is 32.3 Å². The summed E-state index contributed by atoms with van der Waals surface area (Å²) in [7, 11) is -3.74. The van der Waals surface area contributed by atoms with Gasteiger partial charge in [-0.2, -0.15) is 0 Å². The molecule has 9 nitrogen and oxygen atoms in total. The molecule has 10 heteroatoms. The molecule has 2 aliphatic carbocycles. The molecule has 0 bridgehead atoms. The van der Waals surface area contributed by atoms with Gasteiger partial charge < -0.3 is 9.64 Å². The molecule has 0 unspecified atom stereocenters.